The van der Waals surface area contributed by atoms with Crippen molar-refractivity contribution in [2.24, 2.45) is 0 Å². The largest absolute Gasteiger partial charge is 0.489 e. The Kier molecular flexibility index (Phi) is 3.73. The first kappa shape index (κ1) is 15.8. The molecule has 1 aliphatic rings. The first-order valence-electron chi connectivity index (χ1n) is 8.95. The summed E-state index contributed by atoms with van der Waals surface area (Å²) in [6, 6.07) is 14.1. The van der Waals surface area contributed by atoms with E-state index in [0.717, 1.165) is 58.3 Å². The molecule has 132 valence electrons. The Hall–Kier alpha value is -3.43. The predicted octanol–water partition coefficient (Wildman–Crippen LogP) is 3.39. The van der Waals surface area contributed by atoms with Crippen molar-refractivity contribution in [2.75, 3.05) is 13.1 Å². The summed E-state index contributed by atoms with van der Waals surface area (Å²) in [5.74, 6) is 0.887. The molecule has 5 rings (SSSR count). The third-order valence-electron chi connectivity index (χ3n) is 4.95. The van der Waals surface area contributed by atoms with Crippen molar-refractivity contribution >= 4 is 21.9 Å². The Morgan fingerprint density at radius 2 is 1.93 bits per heavy atom. The first-order chi connectivity index (χ1) is 13.3. The average molecular weight is 355 g/mol. The molecule has 6 heteroatoms. The highest BCUT2D eigenvalue weighted by molar-refractivity contribution is 6.06. The molecule has 1 aliphatic heterocycles. The van der Waals surface area contributed by atoms with Crippen LogP contribution in [0, 0.1) is 11.3 Å². The van der Waals surface area contributed by atoms with Gasteiger partial charge in [0.15, 0.2) is 0 Å². The molecule has 3 aromatic heterocycles. The minimum absolute atomic E-state index is 0.253. The van der Waals surface area contributed by atoms with Crippen molar-refractivity contribution in [3.8, 4) is 22.9 Å². The van der Waals surface area contributed by atoms with E-state index in [1.807, 2.05) is 18.3 Å². The fourth-order valence-electron chi connectivity index (χ4n) is 3.54. The molecule has 2 N–H and O–H groups in total. The predicted molar refractivity (Wildman–Crippen MR) is 103 cm³/mol. The number of nitriles is 1. The van der Waals surface area contributed by atoms with Gasteiger partial charge in [-0.15, -0.1) is 0 Å². The molecule has 4 aromatic rings. The lowest BCUT2D eigenvalue weighted by Gasteiger charge is -2.12. The van der Waals surface area contributed by atoms with Crippen LogP contribution < -0.4 is 10.1 Å². The molecule has 1 fully saturated rings. The van der Waals surface area contributed by atoms with Gasteiger partial charge in [-0.1, -0.05) is 12.1 Å². The number of nitrogens with zero attached hydrogens (tertiary/aromatic N) is 3. The summed E-state index contributed by atoms with van der Waals surface area (Å²) in [7, 11) is 0. The molecule has 0 bridgehead atoms. The van der Waals surface area contributed by atoms with Crippen LogP contribution in [0.15, 0.2) is 48.8 Å². The number of nitrogens with one attached hydrogen (secondary N) is 2. The second-order valence-electron chi connectivity index (χ2n) is 6.73. The van der Waals surface area contributed by atoms with Gasteiger partial charge in [0.05, 0.1) is 11.7 Å². The number of hydrogen-bond acceptors (Lipinski definition) is 5. The van der Waals surface area contributed by atoms with Gasteiger partial charge >= 0.3 is 0 Å². The van der Waals surface area contributed by atoms with Gasteiger partial charge < -0.3 is 15.0 Å². The lowest BCUT2D eigenvalue weighted by atomic mass is 10.1. The number of hydrogen-bond donors (Lipinski definition) is 2. The number of ether oxygens (including phenoxy) is 1. The number of benzene rings is 1. The second kappa shape index (κ2) is 6.38. The number of fused-ring (bicyclic) bond motifs is 3. The van der Waals surface area contributed by atoms with Crippen molar-refractivity contribution in [1.82, 2.24) is 20.3 Å². The Balaban J connectivity index is 1.50. The topological polar surface area (TPSA) is 86.6 Å². The third-order valence-corrected chi connectivity index (χ3v) is 4.95. The fourth-order valence-corrected chi connectivity index (χ4v) is 3.54. The van der Waals surface area contributed by atoms with Crippen molar-refractivity contribution in [3.05, 3.63) is 54.5 Å². The Bertz CT molecular complexity index is 1170. The monoisotopic (exact) mass is 355 g/mol. The van der Waals surface area contributed by atoms with E-state index >= 15 is 0 Å². The van der Waals surface area contributed by atoms with Gasteiger partial charge in [-0.25, -0.2) is 9.97 Å². The second-order valence-corrected chi connectivity index (χ2v) is 6.73. The maximum atomic E-state index is 9.11. The minimum atomic E-state index is 0.253. The molecule has 0 unspecified atom stereocenters. The van der Waals surface area contributed by atoms with Gasteiger partial charge in [-0.3, -0.25) is 0 Å². The van der Waals surface area contributed by atoms with Gasteiger partial charge in [-0.2, -0.15) is 5.26 Å². The fraction of sp³-hybridized carbons (Fsp3) is 0.190. The quantitative estimate of drug-likeness (QED) is 0.588. The SMILES string of the molecule is N#Cc1cc2c(cn1)[nH]c1ncc(-c3ccc(O[C@H]4CCNC4)cc3)cc12. The van der Waals surface area contributed by atoms with Crippen molar-refractivity contribution < 1.29 is 4.74 Å². The maximum absolute atomic E-state index is 9.11. The van der Waals surface area contributed by atoms with Crippen LogP contribution in [0.4, 0.5) is 0 Å². The summed E-state index contributed by atoms with van der Waals surface area (Å²) in [5, 5.41) is 14.4. The molecule has 0 amide bonds. The van der Waals surface area contributed by atoms with Gasteiger partial charge in [0.2, 0.25) is 0 Å². The highest BCUT2D eigenvalue weighted by Crippen LogP contribution is 2.29. The smallest absolute Gasteiger partial charge is 0.141 e. The summed E-state index contributed by atoms with van der Waals surface area (Å²) in [4.78, 5) is 11.9. The standard InChI is InChI=1S/C21H17N5O/c22-9-15-8-18-19-7-14(10-25-21(19)26-20(18)12-24-15)13-1-3-16(4-2-13)27-17-5-6-23-11-17/h1-4,7-8,10,12,17,23H,5-6,11H2,(H,25,26)/t17-/m0/s1. The summed E-state index contributed by atoms with van der Waals surface area (Å²) >= 11 is 0. The molecule has 0 spiro atoms. The van der Waals surface area contributed by atoms with Crippen molar-refractivity contribution in [3.63, 3.8) is 0 Å². The molecule has 1 aromatic carbocycles. The van der Waals surface area contributed by atoms with Crippen LogP contribution >= 0.6 is 0 Å². The third kappa shape index (κ3) is 2.88. The molecular formula is C21H17N5O. The van der Waals surface area contributed by atoms with Gasteiger partial charge in [0.1, 0.15) is 29.3 Å². The van der Waals surface area contributed by atoms with Crippen LogP contribution in [0.5, 0.6) is 5.75 Å². The number of pyridine rings is 2. The zero-order chi connectivity index (χ0) is 18.2. The van der Waals surface area contributed by atoms with E-state index in [4.69, 9.17) is 10.00 Å². The van der Waals surface area contributed by atoms with Crippen LogP contribution in [0.2, 0.25) is 0 Å². The molecule has 27 heavy (non-hydrogen) atoms. The summed E-state index contributed by atoms with van der Waals surface area (Å²) in [6.45, 7) is 1.92. The van der Waals surface area contributed by atoms with Crippen molar-refractivity contribution in [2.45, 2.75) is 12.5 Å². The van der Waals surface area contributed by atoms with E-state index in [9.17, 15) is 0 Å². The molecule has 1 saturated heterocycles. The van der Waals surface area contributed by atoms with E-state index in [-0.39, 0.29) is 6.10 Å². The minimum Gasteiger partial charge on any atom is -0.489 e. The zero-order valence-corrected chi connectivity index (χ0v) is 14.6. The normalized spacial score (nSPS) is 16.6. The van der Waals surface area contributed by atoms with Crippen LogP contribution in [0.1, 0.15) is 12.1 Å². The Morgan fingerprint density at radius 3 is 2.70 bits per heavy atom. The van der Waals surface area contributed by atoms with E-state index < -0.39 is 0 Å². The molecule has 6 nitrogen and oxygen atoms in total. The van der Waals surface area contributed by atoms with Crippen LogP contribution in [-0.4, -0.2) is 34.1 Å². The summed E-state index contributed by atoms with van der Waals surface area (Å²) in [6.07, 6.45) is 4.83. The van der Waals surface area contributed by atoms with Gasteiger partial charge in [0.25, 0.3) is 0 Å². The van der Waals surface area contributed by atoms with Gasteiger partial charge in [-0.05, 0) is 42.8 Å². The molecule has 4 heterocycles. The van der Waals surface area contributed by atoms with E-state index in [2.05, 4.69) is 44.5 Å². The van der Waals surface area contributed by atoms with Gasteiger partial charge in [0, 0.05) is 29.1 Å². The molecule has 1 atom stereocenters. The lowest BCUT2D eigenvalue weighted by Crippen LogP contribution is -2.19. The van der Waals surface area contributed by atoms with Crippen LogP contribution in [0.25, 0.3) is 33.1 Å². The van der Waals surface area contributed by atoms with Crippen LogP contribution in [-0.2, 0) is 0 Å². The first-order valence-corrected chi connectivity index (χ1v) is 8.95. The van der Waals surface area contributed by atoms with E-state index in [1.54, 1.807) is 12.3 Å². The van der Waals surface area contributed by atoms with Crippen molar-refractivity contribution in [1.29, 1.82) is 5.26 Å². The zero-order valence-electron chi connectivity index (χ0n) is 14.6. The summed E-state index contributed by atoms with van der Waals surface area (Å²) in [5.41, 5.74) is 4.16. The summed E-state index contributed by atoms with van der Waals surface area (Å²) < 4.78 is 5.99. The van der Waals surface area contributed by atoms with E-state index in [0.29, 0.717) is 5.69 Å². The molecule has 0 radical (unpaired) electrons. The highest BCUT2D eigenvalue weighted by atomic mass is 16.5. The number of aromatic nitrogens is 3. The highest BCUT2D eigenvalue weighted by Gasteiger charge is 2.16. The Morgan fingerprint density at radius 1 is 1.04 bits per heavy atom. The number of rotatable bonds is 3. The van der Waals surface area contributed by atoms with Crippen LogP contribution in [0.3, 0.4) is 0 Å². The Labute approximate surface area is 155 Å². The molecule has 0 saturated carbocycles. The number of aromatic amines is 1. The number of H-pyrrole nitrogens is 1. The van der Waals surface area contributed by atoms with E-state index in [1.165, 1.54) is 0 Å². The average Bonchev–Trinajstić information content (AvgIpc) is 3.35. The lowest BCUT2D eigenvalue weighted by molar-refractivity contribution is 0.223. The maximum Gasteiger partial charge on any atom is 0.141 e. The molecular weight excluding hydrogens is 338 g/mol. The molecule has 0 aliphatic carbocycles.